The van der Waals surface area contributed by atoms with Crippen molar-refractivity contribution in [2.45, 2.75) is 76.8 Å². The van der Waals surface area contributed by atoms with Gasteiger partial charge >= 0.3 is 5.97 Å². The van der Waals surface area contributed by atoms with E-state index in [1.54, 1.807) is 0 Å². The summed E-state index contributed by atoms with van der Waals surface area (Å²) in [6.45, 7) is 11.6. The number of hydrogen-bond donors (Lipinski definition) is 2. The summed E-state index contributed by atoms with van der Waals surface area (Å²) in [6, 6.07) is 9.71. The number of aliphatic hydroxyl groups is 1. The first kappa shape index (κ1) is 23.6. The van der Waals surface area contributed by atoms with E-state index in [0.29, 0.717) is 19.4 Å². The molecular weight excluding hydrogens is 384 g/mol. The number of aliphatic carboxylic acids is 1. The minimum Gasteiger partial charge on any atom is -0.491 e. The van der Waals surface area contributed by atoms with E-state index in [0.717, 1.165) is 17.7 Å². The lowest BCUT2D eigenvalue weighted by Gasteiger charge is -2.39. The lowest BCUT2D eigenvalue weighted by atomic mass is 9.92. The van der Waals surface area contributed by atoms with Crippen LogP contribution in [0.15, 0.2) is 42.0 Å². The van der Waals surface area contributed by atoms with Gasteiger partial charge in [0.1, 0.15) is 12.4 Å². The molecule has 1 aliphatic rings. The second-order valence-electron chi connectivity index (χ2n) is 9.45. The van der Waals surface area contributed by atoms with Crippen LogP contribution in [-0.2, 0) is 9.22 Å². The third-order valence-electron chi connectivity index (χ3n) is 6.16. The Bertz CT molecular complexity index is 693. The van der Waals surface area contributed by atoms with Gasteiger partial charge in [0, 0.05) is 5.92 Å². The Labute approximate surface area is 175 Å². The van der Waals surface area contributed by atoms with Crippen molar-refractivity contribution < 1.29 is 24.2 Å². The van der Waals surface area contributed by atoms with E-state index in [1.807, 2.05) is 36.4 Å². The molecule has 1 aliphatic carbocycles. The van der Waals surface area contributed by atoms with E-state index in [1.165, 1.54) is 0 Å². The van der Waals surface area contributed by atoms with Crippen molar-refractivity contribution in [3.8, 4) is 5.75 Å². The standard InChI is InChI=1S/C23H36O5Si/c1-23(2,3)29(4,5)28-19(16-27-18-9-7-6-8-10-18)13-11-17-12-14-21(24)20(17)15-22(25)26/h6-10,12,19-21,24H,11,13-16H2,1-5H3,(H,25,26)/t19-,20+,21-/m0/s1. The Morgan fingerprint density at radius 1 is 1.24 bits per heavy atom. The molecule has 0 aromatic heterocycles. The summed E-state index contributed by atoms with van der Waals surface area (Å²) < 4.78 is 12.6. The van der Waals surface area contributed by atoms with Crippen LogP contribution in [-0.4, -0.2) is 43.3 Å². The lowest BCUT2D eigenvalue weighted by Crippen LogP contribution is -2.45. The van der Waals surface area contributed by atoms with E-state index in [2.05, 4.69) is 33.9 Å². The van der Waals surface area contributed by atoms with E-state index >= 15 is 0 Å². The summed E-state index contributed by atoms with van der Waals surface area (Å²) in [5.41, 5.74) is 1.03. The molecule has 0 heterocycles. The molecule has 162 valence electrons. The molecule has 0 bridgehead atoms. The molecule has 1 aromatic rings. The second kappa shape index (κ2) is 9.91. The molecule has 2 N–H and O–H groups in total. The van der Waals surface area contributed by atoms with Gasteiger partial charge in [0.05, 0.1) is 18.6 Å². The molecule has 29 heavy (non-hydrogen) atoms. The van der Waals surface area contributed by atoms with Crippen LogP contribution in [0.2, 0.25) is 18.1 Å². The van der Waals surface area contributed by atoms with Gasteiger partial charge in [0.25, 0.3) is 0 Å². The molecule has 0 saturated heterocycles. The zero-order valence-electron chi connectivity index (χ0n) is 18.4. The molecule has 2 rings (SSSR count). The van der Waals surface area contributed by atoms with E-state index in [4.69, 9.17) is 14.3 Å². The molecule has 0 amide bonds. The normalized spacial score (nSPS) is 21.0. The minimum atomic E-state index is -1.98. The maximum Gasteiger partial charge on any atom is 0.304 e. The molecule has 1 aromatic carbocycles. The number of benzene rings is 1. The number of carboxylic acids is 1. The number of carbonyl (C=O) groups is 1. The van der Waals surface area contributed by atoms with Crippen LogP contribution in [0.25, 0.3) is 0 Å². The van der Waals surface area contributed by atoms with Crippen LogP contribution >= 0.6 is 0 Å². The highest BCUT2D eigenvalue weighted by Crippen LogP contribution is 2.39. The van der Waals surface area contributed by atoms with Gasteiger partial charge in [-0.05, 0) is 49.5 Å². The molecule has 0 saturated carbocycles. The summed E-state index contributed by atoms with van der Waals surface area (Å²) in [5.74, 6) is -0.352. The molecular formula is C23H36O5Si. The van der Waals surface area contributed by atoms with E-state index < -0.39 is 20.4 Å². The van der Waals surface area contributed by atoms with Crippen LogP contribution < -0.4 is 4.74 Å². The predicted molar refractivity (Wildman–Crippen MR) is 118 cm³/mol. The van der Waals surface area contributed by atoms with Crippen molar-refractivity contribution in [3.63, 3.8) is 0 Å². The molecule has 0 spiro atoms. The van der Waals surface area contributed by atoms with Crippen molar-refractivity contribution in [1.29, 1.82) is 0 Å². The Balaban J connectivity index is 2.05. The summed E-state index contributed by atoms with van der Waals surface area (Å²) in [5, 5.41) is 19.4. The number of para-hydroxylation sites is 1. The van der Waals surface area contributed by atoms with Crippen LogP contribution in [0.4, 0.5) is 0 Å². The Morgan fingerprint density at radius 2 is 1.90 bits per heavy atom. The fraction of sp³-hybridized carbons (Fsp3) is 0.609. The zero-order chi connectivity index (χ0) is 21.7. The average molecular weight is 421 g/mol. The Hall–Kier alpha value is -1.63. The van der Waals surface area contributed by atoms with E-state index in [-0.39, 0.29) is 23.5 Å². The van der Waals surface area contributed by atoms with Gasteiger partial charge in [-0.25, -0.2) is 0 Å². The van der Waals surface area contributed by atoms with Crippen LogP contribution in [0.3, 0.4) is 0 Å². The second-order valence-corrected chi connectivity index (χ2v) is 14.2. The van der Waals surface area contributed by atoms with Crippen molar-refractivity contribution >= 4 is 14.3 Å². The maximum atomic E-state index is 11.2. The fourth-order valence-corrected chi connectivity index (χ4v) is 4.75. The molecule has 6 heteroatoms. The highest BCUT2D eigenvalue weighted by molar-refractivity contribution is 6.74. The molecule has 3 atom stereocenters. The average Bonchev–Trinajstić information content (AvgIpc) is 2.96. The SMILES string of the molecule is CC(C)(C)[Si](C)(C)O[C@@H](CCC1=CC[C@H](O)[C@@H]1CC(=O)O)COc1ccccc1. The Kier molecular flexibility index (Phi) is 8.08. The predicted octanol–water partition coefficient (Wildman–Crippen LogP) is 5.02. The summed E-state index contributed by atoms with van der Waals surface area (Å²) >= 11 is 0. The number of aliphatic hydroxyl groups excluding tert-OH is 1. The molecule has 0 unspecified atom stereocenters. The first-order valence-corrected chi connectivity index (χ1v) is 13.3. The van der Waals surface area contributed by atoms with Crippen molar-refractivity contribution in [3.05, 3.63) is 42.0 Å². The first-order chi connectivity index (χ1) is 13.5. The fourth-order valence-electron chi connectivity index (χ4n) is 3.38. The van der Waals surface area contributed by atoms with Gasteiger partial charge < -0.3 is 19.4 Å². The van der Waals surface area contributed by atoms with Crippen molar-refractivity contribution in [2.24, 2.45) is 5.92 Å². The highest BCUT2D eigenvalue weighted by atomic mass is 28.4. The van der Waals surface area contributed by atoms with Gasteiger partial charge in [-0.1, -0.05) is 50.6 Å². The highest BCUT2D eigenvalue weighted by Gasteiger charge is 2.39. The van der Waals surface area contributed by atoms with Crippen molar-refractivity contribution in [2.75, 3.05) is 6.61 Å². The van der Waals surface area contributed by atoms with Crippen LogP contribution in [0, 0.1) is 5.92 Å². The van der Waals surface area contributed by atoms with Crippen molar-refractivity contribution in [1.82, 2.24) is 0 Å². The molecule has 0 aliphatic heterocycles. The number of rotatable bonds is 10. The monoisotopic (exact) mass is 420 g/mol. The summed E-state index contributed by atoms with van der Waals surface area (Å²) in [6.07, 6.45) is 3.28. The third kappa shape index (κ3) is 6.98. The van der Waals surface area contributed by atoms with E-state index in [9.17, 15) is 9.90 Å². The quantitative estimate of drug-likeness (QED) is 0.411. The zero-order valence-corrected chi connectivity index (χ0v) is 19.4. The number of carboxylic acid groups (broad SMARTS) is 1. The molecule has 0 radical (unpaired) electrons. The van der Waals surface area contributed by atoms with Gasteiger partial charge in [0.15, 0.2) is 8.32 Å². The first-order valence-electron chi connectivity index (χ1n) is 10.4. The largest absolute Gasteiger partial charge is 0.491 e. The number of hydrogen-bond acceptors (Lipinski definition) is 4. The molecule has 5 nitrogen and oxygen atoms in total. The summed E-state index contributed by atoms with van der Waals surface area (Å²) in [7, 11) is -1.98. The van der Waals surface area contributed by atoms with Crippen LogP contribution in [0.1, 0.15) is 46.5 Å². The maximum absolute atomic E-state index is 11.2. The number of ether oxygens (including phenoxy) is 1. The smallest absolute Gasteiger partial charge is 0.304 e. The lowest BCUT2D eigenvalue weighted by molar-refractivity contribution is -0.138. The van der Waals surface area contributed by atoms with Gasteiger partial charge in [-0.2, -0.15) is 0 Å². The third-order valence-corrected chi connectivity index (χ3v) is 10.7. The van der Waals surface area contributed by atoms with Gasteiger partial charge in [-0.15, -0.1) is 0 Å². The van der Waals surface area contributed by atoms with Crippen LogP contribution in [0.5, 0.6) is 5.75 Å². The Morgan fingerprint density at radius 3 is 2.48 bits per heavy atom. The van der Waals surface area contributed by atoms with Gasteiger partial charge in [-0.3, -0.25) is 4.79 Å². The van der Waals surface area contributed by atoms with Gasteiger partial charge in [0.2, 0.25) is 0 Å². The minimum absolute atomic E-state index is 0.0265. The molecule has 0 fully saturated rings. The summed E-state index contributed by atoms with van der Waals surface area (Å²) in [4.78, 5) is 11.2. The topological polar surface area (TPSA) is 76.0 Å².